The molecule has 0 radical (unpaired) electrons. The van der Waals surface area contributed by atoms with Crippen molar-refractivity contribution < 1.29 is 0 Å². The normalized spacial score (nSPS) is 18.3. The average molecular weight is 248 g/mol. The van der Waals surface area contributed by atoms with Crippen LogP contribution in [0.25, 0.3) is 0 Å². The minimum Gasteiger partial charge on any atom is -0.196 e. The highest BCUT2D eigenvalue weighted by atomic mass is 15.1. The molecule has 0 fully saturated rings. The van der Waals surface area contributed by atoms with E-state index in [1.807, 2.05) is 13.8 Å². The summed E-state index contributed by atoms with van der Waals surface area (Å²) in [5.74, 6) is 1.04. The van der Waals surface area contributed by atoms with Gasteiger partial charge in [-0.2, -0.15) is 20.8 Å². The summed E-state index contributed by atoms with van der Waals surface area (Å²) in [6.45, 7) is 12.2. The lowest BCUT2D eigenvalue weighted by Gasteiger charge is -2.19. The van der Waals surface area contributed by atoms with E-state index in [4.69, 9.17) is 10.5 Å². The summed E-state index contributed by atoms with van der Waals surface area (Å²) in [5, 5.41) is 26.3. The van der Waals surface area contributed by atoms with Crippen LogP contribution >= 0.6 is 0 Å². The van der Waals surface area contributed by atoms with Crippen LogP contribution in [0.2, 0.25) is 0 Å². The quantitative estimate of drug-likeness (QED) is 0.670. The van der Waals surface area contributed by atoms with E-state index >= 15 is 0 Å². The molecule has 0 aliphatic rings. The second-order valence-corrected chi connectivity index (χ2v) is 5.59. The lowest BCUT2D eigenvalue weighted by atomic mass is 9.91. The van der Waals surface area contributed by atoms with Crippen molar-refractivity contribution >= 4 is 0 Å². The molecule has 0 aromatic rings. The molecular weight excluding hydrogens is 224 g/mol. The highest BCUT2D eigenvalue weighted by Gasteiger charge is 2.22. The summed E-state index contributed by atoms with van der Waals surface area (Å²) in [6, 6.07) is 3.41. The predicted octanol–water partition coefficient (Wildman–Crippen LogP) is 3.81. The average Bonchev–Trinajstić information content (AvgIpc) is 2.33. The SMILES string of the molecule is CC(C)C(C)C(C#N)N=NC(C#N)C(C)C(C)C. The van der Waals surface area contributed by atoms with Crippen LogP contribution in [0.3, 0.4) is 0 Å². The summed E-state index contributed by atoms with van der Waals surface area (Å²) >= 11 is 0. The Kier molecular flexibility index (Phi) is 7.20. The van der Waals surface area contributed by atoms with E-state index in [0.29, 0.717) is 11.8 Å². The van der Waals surface area contributed by atoms with Gasteiger partial charge in [0.2, 0.25) is 0 Å². The molecule has 0 aliphatic heterocycles. The van der Waals surface area contributed by atoms with Crippen LogP contribution in [0.1, 0.15) is 41.5 Å². The van der Waals surface area contributed by atoms with E-state index in [2.05, 4.69) is 50.1 Å². The van der Waals surface area contributed by atoms with Crippen molar-refractivity contribution in [3.05, 3.63) is 0 Å². The van der Waals surface area contributed by atoms with Crippen LogP contribution in [-0.2, 0) is 0 Å². The first-order valence-corrected chi connectivity index (χ1v) is 6.54. The second-order valence-electron chi connectivity index (χ2n) is 5.59. The van der Waals surface area contributed by atoms with Crippen LogP contribution < -0.4 is 0 Å². The van der Waals surface area contributed by atoms with E-state index in [-0.39, 0.29) is 11.8 Å². The monoisotopic (exact) mass is 248 g/mol. The minimum atomic E-state index is -0.458. The molecule has 4 unspecified atom stereocenters. The fourth-order valence-corrected chi connectivity index (χ4v) is 1.37. The molecule has 4 heteroatoms. The fraction of sp³-hybridized carbons (Fsp3) is 0.857. The predicted molar refractivity (Wildman–Crippen MR) is 71.7 cm³/mol. The molecule has 0 N–H and O–H groups in total. The molecular formula is C14H24N4. The Morgan fingerprint density at radius 1 is 0.667 bits per heavy atom. The maximum absolute atomic E-state index is 9.09. The molecule has 0 saturated carbocycles. The van der Waals surface area contributed by atoms with E-state index in [0.717, 1.165) is 0 Å². The van der Waals surface area contributed by atoms with Gasteiger partial charge in [0.1, 0.15) is 0 Å². The van der Waals surface area contributed by atoms with E-state index in [1.165, 1.54) is 0 Å². The maximum atomic E-state index is 9.09. The maximum Gasteiger partial charge on any atom is 0.160 e. The van der Waals surface area contributed by atoms with Gasteiger partial charge in [-0.15, -0.1) is 0 Å². The van der Waals surface area contributed by atoms with Crippen LogP contribution in [0, 0.1) is 46.3 Å². The standard InChI is InChI=1S/C14H24N4/c1-9(2)11(5)13(7-15)17-18-14(8-16)12(6)10(3)4/h9-14H,1-6H3. The first kappa shape index (κ1) is 16.6. The van der Waals surface area contributed by atoms with Crippen molar-refractivity contribution in [1.29, 1.82) is 10.5 Å². The van der Waals surface area contributed by atoms with Gasteiger partial charge in [-0.1, -0.05) is 41.5 Å². The third-order valence-corrected chi connectivity index (χ3v) is 3.68. The number of azo groups is 1. The smallest absolute Gasteiger partial charge is 0.160 e. The van der Waals surface area contributed by atoms with Crippen molar-refractivity contribution in [2.75, 3.05) is 0 Å². The van der Waals surface area contributed by atoms with Crippen molar-refractivity contribution in [1.82, 2.24) is 0 Å². The van der Waals surface area contributed by atoms with Crippen molar-refractivity contribution in [3.8, 4) is 12.1 Å². The van der Waals surface area contributed by atoms with Crippen molar-refractivity contribution in [2.45, 2.75) is 53.6 Å². The van der Waals surface area contributed by atoms with Gasteiger partial charge < -0.3 is 0 Å². The molecule has 0 heterocycles. The lowest BCUT2D eigenvalue weighted by Crippen LogP contribution is -2.22. The van der Waals surface area contributed by atoms with Gasteiger partial charge in [-0.05, 0) is 23.7 Å². The van der Waals surface area contributed by atoms with Crippen molar-refractivity contribution in [3.63, 3.8) is 0 Å². The summed E-state index contributed by atoms with van der Waals surface area (Å²) in [6.07, 6.45) is 0. The first-order chi connectivity index (χ1) is 8.34. The number of hydrogen-bond acceptors (Lipinski definition) is 4. The molecule has 0 amide bonds. The highest BCUT2D eigenvalue weighted by Crippen LogP contribution is 2.20. The third-order valence-electron chi connectivity index (χ3n) is 3.68. The summed E-state index contributed by atoms with van der Waals surface area (Å²) < 4.78 is 0. The molecule has 0 aliphatic carbocycles. The highest BCUT2D eigenvalue weighted by molar-refractivity contribution is 4.97. The summed E-state index contributed by atoms with van der Waals surface area (Å²) in [4.78, 5) is 0. The molecule has 4 nitrogen and oxygen atoms in total. The molecule has 4 atom stereocenters. The Morgan fingerprint density at radius 3 is 1.11 bits per heavy atom. The Morgan fingerprint density at radius 2 is 0.944 bits per heavy atom. The molecule has 18 heavy (non-hydrogen) atoms. The second kappa shape index (κ2) is 7.82. The largest absolute Gasteiger partial charge is 0.196 e. The summed E-state index contributed by atoms with van der Waals surface area (Å²) in [7, 11) is 0. The number of rotatable bonds is 6. The Bertz CT molecular complexity index is 312. The Balaban J connectivity index is 4.79. The van der Waals surface area contributed by atoms with E-state index in [1.54, 1.807) is 0 Å². The zero-order valence-corrected chi connectivity index (χ0v) is 12.3. The Labute approximate surface area is 111 Å². The zero-order valence-electron chi connectivity index (χ0n) is 12.3. The minimum absolute atomic E-state index is 0.146. The van der Waals surface area contributed by atoms with Gasteiger partial charge in [-0.3, -0.25) is 0 Å². The van der Waals surface area contributed by atoms with Crippen LogP contribution in [0.5, 0.6) is 0 Å². The zero-order chi connectivity index (χ0) is 14.3. The van der Waals surface area contributed by atoms with Crippen LogP contribution in [0.4, 0.5) is 0 Å². The van der Waals surface area contributed by atoms with Gasteiger partial charge >= 0.3 is 0 Å². The van der Waals surface area contributed by atoms with Crippen molar-refractivity contribution in [2.24, 2.45) is 33.9 Å². The number of hydrogen-bond donors (Lipinski definition) is 0. The van der Waals surface area contributed by atoms with Crippen LogP contribution in [0.15, 0.2) is 10.2 Å². The fourth-order valence-electron chi connectivity index (χ4n) is 1.37. The molecule has 0 aromatic heterocycles. The molecule has 0 spiro atoms. The molecule has 0 aromatic carbocycles. The van der Waals surface area contributed by atoms with E-state index in [9.17, 15) is 0 Å². The Hall–Kier alpha value is -1.42. The van der Waals surface area contributed by atoms with Gasteiger partial charge in [-0.25, -0.2) is 0 Å². The molecule has 0 bridgehead atoms. The third kappa shape index (κ3) is 4.84. The molecule has 100 valence electrons. The number of nitrogens with zero attached hydrogens (tertiary/aromatic N) is 4. The topological polar surface area (TPSA) is 72.3 Å². The van der Waals surface area contributed by atoms with Gasteiger partial charge in [0.15, 0.2) is 12.1 Å². The van der Waals surface area contributed by atoms with E-state index < -0.39 is 12.1 Å². The lowest BCUT2D eigenvalue weighted by molar-refractivity contribution is 0.354. The van der Waals surface area contributed by atoms with Gasteiger partial charge in [0.05, 0.1) is 12.1 Å². The molecule has 0 saturated heterocycles. The first-order valence-electron chi connectivity index (χ1n) is 6.54. The summed E-state index contributed by atoms with van der Waals surface area (Å²) in [5.41, 5.74) is 0. The van der Waals surface area contributed by atoms with Gasteiger partial charge in [0.25, 0.3) is 0 Å². The van der Waals surface area contributed by atoms with Gasteiger partial charge in [0, 0.05) is 0 Å². The molecule has 0 rings (SSSR count). The van der Waals surface area contributed by atoms with Crippen LogP contribution in [-0.4, -0.2) is 12.1 Å². The number of nitriles is 2.